The van der Waals surface area contributed by atoms with Crippen molar-refractivity contribution in [1.29, 1.82) is 0 Å². The van der Waals surface area contributed by atoms with Gasteiger partial charge in [-0.2, -0.15) is 0 Å². The third-order valence-electron chi connectivity index (χ3n) is 7.96. The van der Waals surface area contributed by atoms with E-state index in [1.165, 1.54) is 4.90 Å². The van der Waals surface area contributed by atoms with Crippen LogP contribution >= 0.6 is 0 Å². The second-order valence-electron chi connectivity index (χ2n) is 11.9. The summed E-state index contributed by atoms with van der Waals surface area (Å²) in [4.78, 5) is 43.0. The fraction of sp³-hybridized carbons (Fsp3) is 0.531. The van der Waals surface area contributed by atoms with Crippen molar-refractivity contribution in [3.8, 4) is 17.2 Å². The van der Waals surface area contributed by atoms with Gasteiger partial charge in [-0.15, -0.1) is 0 Å². The van der Waals surface area contributed by atoms with Gasteiger partial charge in [0.15, 0.2) is 0 Å². The summed E-state index contributed by atoms with van der Waals surface area (Å²) in [6.07, 6.45) is 4.31. The molecule has 1 saturated heterocycles. The molecule has 4 bridgehead atoms. The lowest BCUT2D eigenvalue weighted by Crippen LogP contribution is -2.58. The standard InChI is InChI=1S/C32H41N3O6/c1-21(2)19-39-26-14-24-15-27(16-26)41-25-10-6-7-22(13-25)20-40-29-17-35(32(38)23-8-4-5-9-23)12-11-28(29)33-30(36)18-34(3)31(24)37/h6-7,10,13-16,21,23,28-29H,4-5,8-9,11-12,17-20H2,1-3H3,(H,33,36)/t28-,29-/m0/s1. The number of hydrogen-bond acceptors (Lipinski definition) is 6. The molecule has 2 heterocycles. The van der Waals surface area contributed by atoms with Crippen LogP contribution in [0, 0.1) is 11.8 Å². The molecular formula is C32H41N3O6. The molecule has 1 N–H and O–H groups in total. The Morgan fingerprint density at radius 2 is 1.88 bits per heavy atom. The summed E-state index contributed by atoms with van der Waals surface area (Å²) in [5.74, 6) is 1.61. The first-order valence-electron chi connectivity index (χ1n) is 14.7. The first-order chi connectivity index (χ1) is 19.7. The number of hydrogen-bond donors (Lipinski definition) is 1. The number of fused-ring (bicyclic) bond motifs is 5. The molecule has 0 spiro atoms. The molecule has 2 atom stereocenters. The van der Waals surface area contributed by atoms with Crippen LogP contribution in [0.3, 0.4) is 0 Å². The minimum absolute atomic E-state index is 0.0919. The predicted octanol–water partition coefficient (Wildman–Crippen LogP) is 4.39. The van der Waals surface area contributed by atoms with Crippen molar-refractivity contribution in [2.75, 3.05) is 33.3 Å². The number of amides is 3. The zero-order valence-electron chi connectivity index (χ0n) is 24.3. The average Bonchev–Trinajstić information content (AvgIpc) is 3.49. The number of likely N-dealkylation sites (N-methyl/N-ethyl adjacent to an activating group) is 1. The molecule has 2 fully saturated rings. The van der Waals surface area contributed by atoms with Gasteiger partial charge >= 0.3 is 0 Å². The maximum atomic E-state index is 13.4. The van der Waals surface area contributed by atoms with Gasteiger partial charge < -0.3 is 29.3 Å². The third-order valence-corrected chi connectivity index (χ3v) is 7.96. The van der Waals surface area contributed by atoms with E-state index in [2.05, 4.69) is 19.2 Å². The van der Waals surface area contributed by atoms with Crippen molar-refractivity contribution in [3.05, 3.63) is 53.6 Å². The molecule has 0 radical (unpaired) electrons. The molecule has 5 rings (SSSR count). The van der Waals surface area contributed by atoms with Crippen LogP contribution in [0.25, 0.3) is 0 Å². The number of benzene rings is 2. The van der Waals surface area contributed by atoms with Crippen molar-refractivity contribution in [2.24, 2.45) is 11.8 Å². The van der Waals surface area contributed by atoms with E-state index in [1.54, 1.807) is 25.2 Å². The largest absolute Gasteiger partial charge is 0.493 e. The van der Waals surface area contributed by atoms with Crippen molar-refractivity contribution in [1.82, 2.24) is 15.1 Å². The van der Waals surface area contributed by atoms with Crippen LogP contribution in [0.2, 0.25) is 0 Å². The Morgan fingerprint density at radius 1 is 1.07 bits per heavy atom. The number of likely N-dealkylation sites (tertiary alicyclic amines) is 1. The molecule has 1 aliphatic carbocycles. The molecule has 9 heteroatoms. The number of nitrogens with zero attached hydrogens (tertiary/aromatic N) is 2. The number of carbonyl (C=O) groups excluding carboxylic acids is 3. The average molecular weight is 564 g/mol. The highest BCUT2D eigenvalue weighted by Crippen LogP contribution is 2.31. The molecular weight excluding hydrogens is 522 g/mol. The number of rotatable bonds is 4. The predicted molar refractivity (Wildman–Crippen MR) is 154 cm³/mol. The zero-order chi connectivity index (χ0) is 28.9. The molecule has 0 aromatic heterocycles. The summed E-state index contributed by atoms with van der Waals surface area (Å²) in [6.45, 7) is 5.80. The molecule has 9 nitrogen and oxygen atoms in total. The molecule has 220 valence electrons. The number of carbonyl (C=O) groups is 3. The van der Waals surface area contributed by atoms with Gasteiger partial charge in [0.05, 0.1) is 31.9 Å². The maximum absolute atomic E-state index is 13.4. The second-order valence-corrected chi connectivity index (χ2v) is 11.9. The summed E-state index contributed by atoms with van der Waals surface area (Å²) in [5, 5.41) is 3.09. The number of piperidine rings is 1. The van der Waals surface area contributed by atoms with Crippen molar-refractivity contribution < 1.29 is 28.6 Å². The van der Waals surface area contributed by atoms with E-state index >= 15 is 0 Å². The molecule has 2 aromatic rings. The molecule has 3 aliphatic rings. The van der Waals surface area contributed by atoms with Gasteiger partial charge in [0.2, 0.25) is 11.8 Å². The lowest BCUT2D eigenvalue weighted by Gasteiger charge is -2.39. The fourth-order valence-corrected chi connectivity index (χ4v) is 5.78. The minimum Gasteiger partial charge on any atom is -0.493 e. The molecule has 0 unspecified atom stereocenters. The fourth-order valence-electron chi connectivity index (χ4n) is 5.78. The Bertz CT molecular complexity index is 1260. The normalized spacial score (nSPS) is 22.2. The van der Waals surface area contributed by atoms with Crippen LogP contribution in [0.4, 0.5) is 0 Å². The lowest BCUT2D eigenvalue weighted by atomic mass is 9.98. The third kappa shape index (κ3) is 7.38. The van der Waals surface area contributed by atoms with Gasteiger partial charge in [-0.3, -0.25) is 14.4 Å². The van der Waals surface area contributed by atoms with Crippen LogP contribution < -0.4 is 14.8 Å². The van der Waals surface area contributed by atoms with E-state index in [0.29, 0.717) is 61.5 Å². The molecule has 2 aromatic carbocycles. The monoisotopic (exact) mass is 563 g/mol. The summed E-state index contributed by atoms with van der Waals surface area (Å²) >= 11 is 0. The highest BCUT2D eigenvalue weighted by atomic mass is 16.5. The van der Waals surface area contributed by atoms with Gasteiger partial charge in [0.1, 0.15) is 17.2 Å². The zero-order valence-corrected chi connectivity index (χ0v) is 24.3. The summed E-state index contributed by atoms with van der Waals surface area (Å²) < 4.78 is 18.5. The first kappa shape index (κ1) is 28.9. The van der Waals surface area contributed by atoms with Crippen molar-refractivity contribution in [2.45, 2.75) is 64.7 Å². The SMILES string of the molecule is CC(C)COc1cc2cc(c1)C(=O)N(C)CC(=O)N[C@H]1CCN(C(=O)C3CCCC3)C[C@@H]1OCc1cccc(c1)O2. The minimum atomic E-state index is -0.370. The maximum Gasteiger partial charge on any atom is 0.254 e. The summed E-state index contributed by atoms with van der Waals surface area (Å²) in [6, 6.07) is 12.5. The van der Waals surface area contributed by atoms with E-state index in [1.807, 2.05) is 29.2 Å². The van der Waals surface area contributed by atoms with Gasteiger partial charge in [-0.25, -0.2) is 0 Å². The summed E-state index contributed by atoms with van der Waals surface area (Å²) in [5.41, 5.74) is 1.28. The smallest absolute Gasteiger partial charge is 0.254 e. The van der Waals surface area contributed by atoms with Crippen LogP contribution in [0.5, 0.6) is 17.2 Å². The molecule has 3 amide bonds. The van der Waals surface area contributed by atoms with Gasteiger partial charge in [-0.1, -0.05) is 38.8 Å². The molecule has 2 aliphatic heterocycles. The highest BCUT2D eigenvalue weighted by molar-refractivity contribution is 5.97. The first-order valence-corrected chi connectivity index (χ1v) is 14.7. The van der Waals surface area contributed by atoms with Crippen LogP contribution in [0.1, 0.15) is 61.9 Å². The van der Waals surface area contributed by atoms with E-state index in [4.69, 9.17) is 14.2 Å². The second kappa shape index (κ2) is 12.9. The Hall–Kier alpha value is -3.59. The topological polar surface area (TPSA) is 97.4 Å². The Balaban J connectivity index is 1.40. The van der Waals surface area contributed by atoms with Gasteiger partial charge in [-0.05, 0) is 55.0 Å². The van der Waals surface area contributed by atoms with Crippen LogP contribution in [-0.4, -0.2) is 73.0 Å². The number of ether oxygens (including phenoxy) is 3. The van der Waals surface area contributed by atoms with E-state index in [0.717, 1.165) is 31.2 Å². The van der Waals surface area contributed by atoms with E-state index in [9.17, 15) is 14.4 Å². The highest BCUT2D eigenvalue weighted by Gasteiger charge is 2.36. The van der Waals surface area contributed by atoms with E-state index in [-0.39, 0.29) is 42.3 Å². The summed E-state index contributed by atoms with van der Waals surface area (Å²) in [7, 11) is 1.60. The lowest BCUT2D eigenvalue weighted by molar-refractivity contribution is -0.141. The van der Waals surface area contributed by atoms with Crippen LogP contribution in [-0.2, 0) is 20.9 Å². The van der Waals surface area contributed by atoms with Crippen LogP contribution in [0.15, 0.2) is 42.5 Å². The number of nitrogens with one attached hydrogen (secondary N) is 1. The van der Waals surface area contributed by atoms with Crippen molar-refractivity contribution in [3.63, 3.8) is 0 Å². The molecule has 41 heavy (non-hydrogen) atoms. The quantitative estimate of drug-likeness (QED) is 0.593. The Labute approximate surface area is 242 Å². The van der Waals surface area contributed by atoms with E-state index < -0.39 is 0 Å². The van der Waals surface area contributed by atoms with Gasteiger partial charge in [0, 0.05) is 37.7 Å². The van der Waals surface area contributed by atoms with Crippen molar-refractivity contribution >= 4 is 17.7 Å². The van der Waals surface area contributed by atoms with Gasteiger partial charge in [0.25, 0.3) is 5.91 Å². The molecule has 1 saturated carbocycles. The Kier molecular flexibility index (Phi) is 9.12. The Morgan fingerprint density at radius 3 is 2.66 bits per heavy atom.